The number of alkyl halides is 3. The molecular weight excluding hydrogens is 201 g/mol. The molecule has 0 unspecified atom stereocenters. The van der Waals surface area contributed by atoms with Crippen molar-refractivity contribution in [3.05, 3.63) is 0 Å². The quantitative estimate of drug-likeness (QED) is 0.500. The molecule has 0 saturated heterocycles. The van der Waals surface area contributed by atoms with E-state index in [-0.39, 0.29) is 6.61 Å². The molecule has 0 N–H and O–H groups in total. The molecular formula is C8H13F3O3. The summed E-state index contributed by atoms with van der Waals surface area (Å²) >= 11 is 0. The largest absolute Gasteiger partial charge is 0.465 e. The zero-order chi connectivity index (χ0) is 11.0. The van der Waals surface area contributed by atoms with E-state index in [1.165, 1.54) is 0 Å². The van der Waals surface area contributed by atoms with Gasteiger partial charge in [0.2, 0.25) is 0 Å². The maximum Gasteiger partial charge on any atom is 0.399 e. The molecule has 0 spiro atoms. The summed E-state index contributed by atoms with van der Waals surface area (Å²) in [6.45, 7) is 2.69. The van der Waals surface area contributed by atoms with E-state index in [0.29, 0.717) is 19.6 Å². The van der Waals surface area contributed by atoms with Crippen LogP contribution in [0.1, 0.15) is 19.8 Å². The minimum absolute atomic E-state index is 0.0328. The minimum Gasteiger partial charge on any atom is -0.465 e. The van der Waals surface area contributed by atoms with Gasteiger partial charge in [0.25, 0.3) is 0 Å². The number of halogens is 3. The van der Waals surface area contributed by atoms with E-state index in [0.717, 1.165) is 0 Å². The molecule has 0 bridgehead atoms. The van der Waals surface area contributed by atoms with Crippen LogP contribution < -0.4 is 0 Å². The van der Waals surface area contributed by atoms with Crippen molar-refractivity contribution in [2.75, 3.05) is 19.8 Å². The van der Waals surface area contributed by atoms with Crippen LogP contribution in [0.15, 0.2) is 0 Å². The van der Waals surface area contributed by atoms with E-state index in [2.05, 4.69) is 4.74 Å². The highest BCUT2D eigenvalue weighted by atomic mass is 19.4. The van der Waals surface area contributed by atoms with Gasteiger partial charge < -0.3 is 9.47 Å². The summed E-state index contributed by atoms with van der Waals surface area (Å²) < 4.78 is 44.1. The summed E-state index contributed by atoms with van der Waals surface area (Å²) in [7, 11) is 0. The molecule has 0 fully saturated rings. The highest BCUT2D eigenvalue weighted by Crippen LogP contribution is 2.19. The first kappa shape index (κ1) is 13.2. The molecule has 6 heteroatoms. The summed E-state index contributed by atoms with van der Waals surface area (Å²) in [6, 6.07) is 0. The maximum atomic E-state index is 11.6. The Morgan fingerprint density at radius 1 is 1.29 bits per heavy atom. The second-order valence-electron chi connectivity index (χ2n) is 2.56. The normalized spacial score (nSPS) is 11.4. The van der Waals surface area contributed by atoms with Crippen molar-refractivity contribution in [3.63, 3.8) is 0 Å². The van der Waals surface area contributed by atoms with Crippen LogP contribution in [-0.4, -0.2) is 32.0 Å². The molecule has 0 aliphatic heterocycles. The van der Waals surface area contributed by atoms with Crippen LogP contribution >= 0.6 is 0 Å². The topological polar surface area (TPSA) is 35.5 Å². The predicted octanol–water partition coefficient (Wildman–Crippen LogP) is 1.91. The van der Waals surface area contributed by atoms with E-state index in [4.69, 9.17) is 4.74 Å². The lowest BCUT2D eigenvalue weighted by Gasteiger charge is -2.06. The van der Waals surface area contributed by atoms with Crippen molar-refractivity contribution in [1.29, 1.82) is 0 Å². The second-order valence-corrected chi connectivity index (χ2v) is 2.56. The molecule has 0 amide bonds. The zero-order valence-electron chi connectivity index (χ0n) is 7.89. The van der Waals surface area contributed by atoms with Crippen LogP contribution in [0.5, 0.6) is 0 Å². The molecule has 0 rings (SSSR count). The number of esters is 1. The third-order valence-corrected chi connectivity index (χ3v) is 1.24. The summed E-state index contributed by atoms with van der Waals surface area (Å²) in [5.74, 6) is -1.24. The van der Waals surface area contributed by atoms with Gasteiger partial charge in [-0.05, 0) is 6.92 Å². The first-order chi connectivity index (χ1) is 6.45. The molecule has 0 aromatic carbocycles. The predicted molar refractivity (Wildman–Crippen MR) is 42.7 cm³/mol. The second kappa shape index (κ2) is 6.64. The van der Waals surface area contributed by atoms with Crippen LogP contribution in [0, 0.1) is 0 Å². The first-order valence-electron chi connectivity index (χ1n) is 4.26. The third-order valence-electron chi connectivity index (χ3n) is 1.24. The Morgan fingerprint density at radius 2 is 1.93 bits per heavy atom. The van der Waals surface area contributed by atoms with E-state index in [1.54, 1.807) is 6.92 Å². The smallest absolute Gasteiger partial charge is 0.399 e. The number of hydrogen-bond acceptors (Lipinski definition) is 3. The lowest BCUT2D eigenvalue weighted by Crippen LogP contribution is -2.18. The number of hydrogen-bond donors (Lipinski definition) is 0. The molecule has 0 saturated carbocycles. The summed E-state index contributed by atoms with van der Waals surface area (Å²) in [5.41, 5.74) is 0. The monoisotopic (exact) mass is 214 g/mol. The van der Waals surface area contributed by atoms with E-state index >= 15 is 0 Å². The highest BCUT2D eigenvalue weighted by molar-refractivity contribution is 5.70. The van der Waals surface area contributed by atoms with Gasteiger partial charge in [-0.15, -0.1) is 0 Å². The Bertz CT molecular complexity index is 168. The zero-order valence-corrected chi connectivity index (χ0v) is 7.89. The van der Waals surface area contributed by atoms with Gasteiger partial charge in [-0.1, -0.05) is 0 Å². The Morgan fingerprint density at radius 3 is 2.43 bits per heavy atom. The fraction of sp³-hybridized carbons (Fsp3) is 0.875. The Labute approximate surface area is 80.2 Å². The average Bonchev–Trinajstić information content (AvgIpc) is 2.00. The van der Waals surface area contributed by atoms with Crippen LogP contribution in [0.2, 0.25) is 0 Å². The minimum atomic E-state index is -4.49. The number of carbonyl (C=O) groups is 1. The molecule has 84 valence electrons. The van der Waals surface area contributed by atoms with Crippen LogP contribution in [0.3, 0.4) is 0 Å². The van der Waals surface area contributed by atoms with Gasteiger partial charge in [-0.3, -0.25) is 4.79 Å². The van der Waals surface area contributed by atoms with Crippen LogP contribution in [0.4, 0.5) is 13.2 Å². The van der Waals surface area contributed by atoms with Gasteiger partial charge in [0, 0.05) is 19.6 Å². The molecule has 0 aliphatic carbocycles. The first-order valence-corrected chi connectivity index (χ1v) is 4.26. The van der Waals surface area contributed by atoms with Crippen molar-refractivity contribution in [2.24, 2.45) is 0 Å². The highest BCUT2D eigenvalue weighted by Gasteiger charge is 2.31. The van der Waals surface area contributed by atoms with Gasteiger partial charge in [0.05, 0.1) is 6.61 Å². The van der Waals surface area contributed by atoms with Crippen LogP contribution in [0.25, 0.3) is 0 Å². The molecule has 3 nitrogen and oxygen atoms in total. The van der Waals surface area contributed by atoms with E-state index in [1.807, 2.05) is 0 Å². The molecule has 0 aliphatic rings. The Kier molecular flexibility index (Phi) is 6.27. The van der Waals surface area contributed by atoms with Gasteiger partial charge in [-0.25, -0.2) is 0 Å². The summed E-state index contributed by atoms with van der Waals surface area (Å²) in [6.07, 6.45) is -5.60. The Hall–Kier alpha value is -0.780. The van der Waals surface area contributed by atoms with Gasteiger partial charge in [-0.2, -0.15) is 13.2 Å². The van der Waals surface area contributed by atoms with E-state index < -0.39 is 18.6 Å². The number of ether oxygens (including phenoxy) is 2. The van der Waals surface area contributed by atoms with E-state index in [9.17, 15) is 18.0 Å². The van der Waals surface area contributed by atoms with Crippen molar-refractivity contribution in [2.45, 2.75) is 25.9 Å². The fourth-order valence-electron chi connectivity index (χ4n) is 0.706. The van der Waals surface area contributed by atoms with Gasteiger partial charge in [0.15, 0.2) is 0 Å². The fourth-order valence-corrected chi connectivity index (χ4v) is 0.706. The lowest BCUT2D eigenvalue weighted by molar-refractivity contribution is -0.171. The summed E-state index contributed by atoms with van der Waals surface area (Å²) in [4.78, 5) is 10.5. The van der Waals surface area contributed by atoms with Crippen molar-refractivity contribution >= 4 is 5.97 Å². The van der Waals surface area contributed by atoms with Crippen LogP contribution in [-0.2, 0) is 14.3 Å². The molecule has 14 heavy (non-hydrogen) atoms. The average molecular weight is 214 g/mol. The van der Waals surface area contributed by atoms with Gasteiger partial charge in [0.1, 0.15) is 6.42 Å². The van der Waals surface area contributed by atoms with Crippen molar-refractivity contribution in [1.82, 2.24) is 0 Å². The molecule has 0 heterocycles. The number of rotatable bonds is 6. The molecule has 0 aromatic heterocycles. The summed E-state index contributed by atoms with van der Waals surface area (Å²) in [5, 5.41) is 0. The maximum absolute atomic E-state index is 11.6. The molecule has 0 atom stereocenters. The van der Waals surface area contributed by atoms with Crippen molar-refractivity contribution in [3.8, 4) is 0 Å². The molecule has 0 aromatic rings. The Balaban J connectivity index is 3.36. The van der Waals surface area contributed by atoms with Crippen molar-refractivity contribution < 1.29 is 27.4 Å². The third kappa shape index (κ3) is 9.31. The molecule has 0 radical (unpaired) electrons. The lowest BCUT2D eigenvalue weighted by atomic mass is 10.4. The van der Waals surface area contributed by atoms with Gasteiger partial charge >= 0.3 is 12.1 Å². The number of carbonyl (C=O) groups excluding carboxylic acids is 1. The SMILES string of the molecule is CCOCCCOC(=O)CC(F)(F)F. The standard InChI is InChI=1S/C8H13F3O3/c1-2-13-4-3-5-14-7(12)6-8(9,10)11/h2-6H2,1H3.